The van der Waals surface area contributed by atoms with Gasteiger partial charge in [-0.1, -0.05) is 6.07 Å². The Hall–Kier alpha value is -3.10. The van der Waals surface area contributed by atoms with Crippen LogP contribution in [0.15, 0.2) is 48.8 Å². The topological polar surface area (TPSA) is 100 Å². The average molecular weight is 396 g/mol. The lowest BCUT2D eigenvalue weighted by Gasteiger charge is -2.15. The Bertz CT molecular complexity index is 970. The zero-order valence-corrected chi connectivity index (χ0v) is 16.2. The van der Waals surface area contributed by atoms with Crippen molar-refractivity contribution in [3.63, 3.8) is 0 Å². The second-order valence-corrected chi connectivity index (χ2v) is 6.90. The molecule has 29 heavy (non-hydrogen) atoms. The van der Waals surface area contributed by atoms with E-state index >= 15 is 0 Å². The van der Waals surface area contributed by atoms with E-state index in [9.17, 15) is 4.79 Å². The lowest BCUT2D eigenvalue weighted by molar-refractivity contribution is -0.126. The highest BCUT2D eigenvalue weighted by Gasteiger charge is 2.30. The van der Waals surface area contributed by atoms with Gasteiger partial charge >= 0.3 is 0 Å². The van der Waals surface area contributed by atoms with E-state index in [1.165, 1.54) is 0 Å². The Kier molecular flexibility index (Phi) is 5.64. The summed E-state index contributed by atoms with van der Waals surface area (Å²) in [6, 6.07) is 11.1. The number of fused-ring (bicyclic) bond motifs is 1. The molecule has 152 valence electrons. The zero-order valence-electron chi connectivity index (χ0n) is 16.2. The van der Waals surface area contributed by atoms with Crippen molar-refractivity contribution < 1.29 is 19.0 Å². The van der Waals surface area contributed by atoms with E-state index in [0.29, 0.717) is 30.2 Å². The fraction of sp³-hybridized carbons (Fsp3) is 0.333. The van der Waals surface area contributed by atoms with Crippen molar-refractivity contribution in [3.8, 4) is 11.5 Å². The highest BCUT2D eigenvalue weighted by molar-refractivity contribution is 5.94. The largest absolute Gasteiger partial charge is 0.493 e. The summed E-state index contributed by atoms with van der Waals surface area (Å²) in [5.41, 5.74) is 7.87. The summed E-state index contributed by atoms with van der Waals surface area (Å²) in [6.07, 6.45) is 4.78. The van der Waals surface area contributed by atoms with Crippen molar-refractivity contribution in [1.82, 2.24) is 9.38 Å². The Morgan fingerprint density at radius 2 is 2.21 bits per heavy atom. The van der Waals surface area contributed by atoms with Crippen LogP contribution in [0.25, 0.3) is 5.65 Å². The number of hydrogen-bond donors (Lipinski definition) is 2. The van der Waals surface area contributed by atoms with Crippen LogP contribution in [0.3, 0.4) is 0 Å². The van der Waals surface area contributed by atoms with Gasteiger partial charge in [-0.3, -0.25) is 4.79 Å². The first-order valence-electron chi connectivity index (χ1n) is 9.56. The molecule has 3 N–H and O–H groups in total. The Balaban J connectivity index is 1.44. The van der Waals surface area contributed by atoms with Crippen molar-refractivity contribution >= 4 is 17.2 Å². The number of nitrogens with zero attached hydrogens (tertiary/aromatic N) is 2. The van der Waals surface area contributed by atoms with Crippen molar-refractivity contribution in [3.05, 3.63) is 54.5 Å². The SMILES string of the molecule is COc1ccc(NC(=O)[C@@H]2CC[C@H](CN)O2)cc1OCc1cn2ccccc2n1. The maximum absolute atomic E-state index is 12.5. The van der Waals surface area contributed by atoms with E-state index < -0.39 is 6.10 Å². The fourth-order valence-electron chi connectivity index (χ4n) is 3.37. The Morgan fingerprint density at radius 3 is 2.97 bits per heavy atom. The van der Waals surface area contributed by atoms with Gasteiger partial charge in [-0.25, -0.2) is 4.98 Å². The third kappa shape index (κ3) is 4.33. The van der Waals surface area contributed by atoms with Crippen LogP contribution in [0.1, 0.15) is 18.5 Å². The first kappa shape index (κ1) is 19.2. The maximum atomic E-state index is 12.5. The number of imidazole rings is 1. The normalized spacial score (nSPS) is 18.7. The summed E-state index contributed by atoms with van der Waals surface area (Å²) < 4.78 is 18.9. The van der Waals surface area contributed by atoms with Crippen LogP contribution >= 0.6 is 0 Å². The van der Waals surface area contributed by atoms with E-state index in [2.05, 4.69) is 10.3 Å². The highest BCUT2D eigenvalue weighted by Crippen LogP contribution is 2.31. The minimum absolute atomic E-state index is 0.0501. The number of methoxy groups -OCH3 is 1. The molecule has 0 unspecified atom stereocenters. The van der Waals surface area contributed by atoms with Gasteiger partial charge in [-0.15, -0.1) is 0 Å². The molecule has 1 saturated heterocycles. The second kappa shape index (κ2) is 8.50. The van der Waals surface area contributed by atoms with Gasteiger partial charge in [-0.05, 0) is 37.1 Å². The van der Waals surface area contributed by atoms with Gasteiger partial charge in [0.2, 0.25) is 0 Å². The molecule has 2 aromatic heterocycles. The first-order valence-corrected chi connectivity index (χ1v) is 9.56. The molecule has 1 aliphatic rings. The van der Waals surface area contributed by atoms with Crippen molar-refractivity contribution in [2.45, 2.75) is 31.7 Å². The molecule has 3 aromatic rings. The molecule has 0 aliphatic carbocycles. The number of amides is 1. The zero-order chi connectivity index (χ0) is 20.2. The third-order valence-electron chi connectivity index (χ3n) is 4.88. The highest BCUT2D eigenvalue weighted by atomic mass is 16.5. The molecule has 1 aliphatic heterocycles. The third-order valence-corrected chi connectivity index (χ3v) is 4.88. The Morgan fingerprint density at radius 1 is 1.31 bits per heavy atom. The van der Waals surface area contributed by atoms with Crippen molar-refractivity contribution in [1.29, 1.82) is 0 Å². The van der Waals surface area contributed by atoms with Gasteiger partial charge in [0.15, 0.2) is 11.5 Å². The summed E-state index contributed by atoms with van der Waals surface area (Å²) in [5, 5.41) is 2.88. The number of carbonyl (C=O) groups is 1. The minimum Gasteiger partial charge on any atom is -0.493 e. The van der Waals surface area contributed by atoms with E-state index in [0.717, 1.165) is 17.8 Å². The van der Waals surface area contributed by atoms with Crippen molar-refractivity contribution in [2.24, 2.45) is 5.73 Å². The molecule has 0 spiro atoms. The number of pyridine rings is 1. The molecule has 1 fully saturated rings. The molecule has 8 nitrogen and oxygen atoms in total. The minimum atomic E-state index is -0.479. The second-order valence-electron chi connectivity index (χ2n) is 6.90. The number of ether oxygens (including phenoxy) is 3. The Labute approximate surface area is 168 Å². The predicted octanol–water partition coefficient (Wildman–Crippen LogP) is 2.37. The number of nitrogens with two attached hydrogens (primary N) is 1. The molecule has 0 bridgehead atoms. The van der Waals surface area contributed by atoms with E-state index in [1.807, 2.05) is 35.0 Å². The fourth-order valence-corrected chi connectivity index (χ4v) is 3.37. The number of benzene rings is 1. The molecule has 8 heteroatoms. The molecule has 3 heterocycles. The molecule has 0 radical (unpaired) electrons. The summed E-state index contributed by atoms with van der Waals surface area (Å²) in [4.78, 5) is 17.0. The van der Waals surface area contributed by atoms with Crippen LogP contribution < -0.4 is 20.5 Å². The summed E-state index contributed by atoms with van der Waals surface area (Å²) in [7, 11) is 1.57. The number of nitrogens with one attached hydrogen (secondary N) is 1. The lowest BCUT2D eigenvalue weighted by atomic mass is 10.2. The van der Waals surface area contributed by atoms with E-state index in [-0.39, 0.29) is 18.6 Å². The number of rotatable bonds is 7. The van der Waals surface area contributed by atoms with Crippen molar-refractivity contribution in [2.75, 3.05) is 19.0 Å². The van der Waals surface area contributed by atoms with Crippen LogP contribution in [-0.4, -0.2) is 41.2 Å². The first-order chi connectivity index (χ1) is 14.2. The smallest absolute Gasteiger partial charge is 0.253 e. The molecule has 2 atom stereocenters. The average Bonchev–Trinajstić information content (AvgIpc) is 3.39. The number of carbonyl (C=O) groups excluding carboxylic acids is 1. The molecule has 4 rings (SSSR count). The van der Waals surface area contributed by atoms with E-state index in [1.54, 1.807) is 25.3 Å². The summed E-state index contributed by atoms with van der Waals surface area (Å²) >= 11 is 0. The van der Waals surface area contributed by atoms with Crippen LogP contribution in [0.5, 0.6) is 11.5 Å². The number of aromatic nitrogens is 2. The summed E-state index contributed by atoms with van der Waals surface area (Å²) in [6.45, 7) is 0.701. The summed E-state index contributed by atoms with van der Waals surface area (Å²) in [5.74, 6) is 0.916. The van der Waals surface area contributed by atoms with Gasteiger partial charge in [0, 0.05) is 30.7 Å². The monoisotopic (exact) mass is 396 g/mol. The number of anilines is 1. The standard InChI is InChI=1S/C21H24N4O4/c1-27-17-7-5-14(24-21(26)18-8-6-16(11-22)29-18)10-19(17)28-13-15-12-25-9-3-2-4-20(25)23-15/h2-5,7,9-10,12,16,18H,6,8,11,13,22H2,1H3,(H,24,26)/t16-,18+/m1/s1. The lowest BCUT2D eigenvalue weighted by Crippen LogP contribution is -2.29. The molecular weight excluding hydrogens is 372 g/mol. The van der Waals surface area contributed by atoms with Crippen LogP contribution in [0.2, 0.25) is 0 Å². The maximum Gasteiger partial charge on any atom is 0.253 e. The van der Waals surface area contributed by atoms with Gasteiger partial charge in [0.05, 0.1) is 18.9 Å². The quantitative estimate of drug-likeness (QED) is 0.636. The van der Waals surface area contributed by atoms with Crippen LogP contribution in [-0.2, 0) is 16.1 Å². The van der Waals surface area contributed by atoms with Gasteiger partial charge in [0.25, 0.3) is 5.91 Å². The van der Waals surface area contributed by atoms with Gasteiger partial charge < -0.3 is 29.7 Å². The molecule has 1 amide bonds. The van der Waals surface area contributed by atoms with Crippen LogP contribution in [0, 0.1) is 0 Å². The van der Waals surface area contributed by atoms with E-state index in [4.69, 9.17) is 19.9 Å². The van der Waals surface area contributed by atoms with Gasteiger partial charge in [-0.2, -0.15) is 0 Å². The molecule has 0 saturated carbocycles. The molecule has 1 aromatic carbocycles. The number of hydrogen-bond acceptors (Lipinski definition) is 6. The van der Waals surface area contributed by atoms with Crippen LogP contribution in [0.4, 0.5) is 5.69 Å². The van der Waals surface area contributed by atoms with Gasteiger partial charge in [0.1, 0.15) is 18.4 Å². The molecular formula is C21H24N4O4. The predicted molar refractivity (Wildman–Crippen MR) is 108 cm³/mol.